The van der Waals surface area contributed by atoms with Gasteiger partial charge in [-0.2, -0.15) is 0 Å². The smallest absolute Gasteiger partial charge is 0.140 e. The van der Waals surface area contributed by atoms with Crippen LogP contribution in [0.15, 0.2) is 21.2 Å². The summed E-state index contributed by atoms with van der Waals surface area (Å²) in [5.41, 5.74) is 6.01. The number of nitrogens with two attached hydrogens (primary N) is 1. The molecule has 0 spiro atoms. The van der Waals surface area contributed by atoms with Crippen LogP contribution in [0.4, 0.5) is 5.82 Å². The van der Waals surface area contributed by atoms with E-state index in [2.05, 4.69) is 49.1 Å². The van der Waals surface area contributed by atoms with Gasteiger partial charge < -0.3 is 11.1 Å². The molecule has 0 radical (unpaired) electrons. The van der Waals surface area contributed by atoms with Gasteiger partial charge >= 0.3 is 0 Å². The molecule has 0 aliphatic heterocycles. The van der Waals surface area contributed by atoms with Gasteiger partial charge in [0.05, 0.1) is 10.0 Å². The molecule has 0 bridgehead atoms. The van der Waals surface area contributed by atoms with Crippen LogP contribution in [0.1, 0.15) is 32.6 Å². The molecule has 100 valence electrons. The summed E-state index contributed by atoms with van der Waals surface area (Å²) in [6.45, 7) is 2.96. The number of pyridine rings is 1. The van der Waals surface area contributed by atoms with Crippen LogP contribution in [0.5, 0.6) is 0 Å². The molecule has 1 aromatic rings. The minimum atomic E-state index is 0.00101. The molecule has 0 aromatic carbocycles. The van der Waals surface area contributed by atoms with E-state index in [-0.39, 0.29) is 5.54 Å². The van der Waals surface area contributed by atoms with Crippen LogP contribution in [0, 0.1) is 5.92 Å². The van der Waals surface area contributed by atoms with Crippen molar-refractivity contribution in [1.82, 2.24) is 4.98 Å². The second kappa shape index (κ2) is 5.88. The van der Waals surface area contributed by atoms with Crippen LogP contribution in [-0.2, 0) is 0 Å². The lowest BCUT2D eigenvalue weighted by Crippen LogP contribution is -2.49. The molecule has 1 fully saturated rings. The van der Waals surface area contributed by atoms with Crippen molar-refractivity contribution in [2.45, 2.75) is 38.1 Å². The van der Waals surface area contributed by atoms with Gasteiger partial charge in [0, 0.05) is 17.2 Å². The molecular weight excluding hydrogens is 358 g/mol. The minimum absolute atomic E-state index is 0.00101. The summed E-state index contributed by atoms with van der Waals surface area (Å²) in [6.07, 6.45) is 6.59. The summed E-state index contributed by atoms with van der Waals surface area (Å²) in [5.74, 6) is 1.61. The Hall–Kier alpha value is -0.130. The third kappa shape index (κ3) is 3.25. The predicted molar refractivity (Wildman–Crippen MR) is 82.7 cm³/mol. The summed E-state index contributed by atoms with van der Waals surface area (Å²) in [4.78, 5) is 4.43. The van der Waals surface area contributed by atoms with E-state index in [0.29, 0.717) is 6.54 Å². The first kappa shape index (κ1) is 14.3. The molecule has 3 N–H and O–H groups in total. The Morgan fingerprint density at radius 3 is 2.94 bits per heavy atom. The summed E-state index contributed by atoms with van der Waals surface area (Å²) in [5, 5.41) is 3.57. The van der Waals surface area contributed by atoms with Crippen molar-refractivity contribution in [3.05, 3.63) is 21.2 Å². The molecule has 1 aliphatic carbocycles. The molecule has 2 unspecified atom stereocenters. The zero-order valence-electron chi connectivity index (χ0n) is 10.5. The Kier molecular flexibility index (Phi) is 4.67. The van der Waals surface area contributed by atoms with Crippen molar-refractivity contribution < 1.29 is 0 Å². The Labute approximate surface area is 125 Å². The third-order valence-electron chi connectivity index (χ3n) is 3.67. The average molecular weight is 377 g/mol. The highest BCUT2D eigenvalue weighted by atomic mass is 79.9. The molecule has 5 heteroatoms. The lowest BCUT2D eigenvalue weighted by Gasteiger charge is -2.40. The van der Waals surface area contributed by atoms with Crippen LogP contribution in [0.25, 0.3) is 0 Å². The fourth-order valence-electron chi connectivity index (χ4n) is 2.77. The van der Waals surface area contributed by atoms with Crippen molar-refractivity contribution in [2.75, 3.05) is 11.9 Å². The number of anilines is 1. The number of aromatic nitrogens is 1. The standard InChI is InChI=1S/C13H19Br2N3/c1-9-3-2-4-13(6-9,8-16)18-12-11(15)5-10(14)7-17-12/h5,7,9H,2-4,6,8,16H2,1H3,(H,17,18). The largest absolute Gasteiger partial charge is 0.362 e. The summed E-state index contributed by atoms with van der Waals surface area (Å²) in [7, 11) is 0. The van der Waals surface area contributed by atoms with Gasteiger partial charge in [0.15, 0.2) is 0 Å². The van der Waals surface area contributed by atoms with Gasteiger partial charge in [-0.15, -0.1) is 0 Å². The average Bonchev–Trinajstić information content (AvgIpc) is 2.33. The van der Waals surface area contributed by atoms with Crippen LogP contribution >= 0.6 is 31.9 Å². The lowest BCUT2D eigenvalue weighted by molar-refractivity contribution is 0.263. The van der Waals surface area contributed by atoms with Crippen molar-refractivity contribution in [3.63, 3.8) is 0 Å². The predicted octanol–water partition coefficient (Wildman–Crippen LogP) is 3.93. The van der Waals surface area contributed by atoms with E-state index in [9.17, 15) is 0 Å². The van der Waals surface area contributed by atoms with Gasteiger partial charge in [-0.25, -0.2) is 4.98 Å². The molecule has 0 saturated heterocycles. The summed E-state index contributed by atoms with van der Waals surface area (Å²) < 4.78 is 1.95. The zero-order chi connectivity index (χ0) is 13.2. The van der Waals surface area contributed by atoms with E-state index < -0.39 is 0 Å². The van der Waals surface area contributed by atoms with Crippen LogP contribution in [-0.4, -0.2) is 17.1 Å². The molecule has 1 aromatic heterocycles. The van der Waals surface area contributed by atoms with Crippen molar-refractivity contribution >= 4 is 37.7 Å². The van der Waals surface area contributed by atoms with Gasteiger partial charge in [-0.1, -0.05) is 19.8 Å². The molecule has 0 amide bonds. The number of nitrogens with one attached hydrogen (secondary N) is 1. The topological polar surface area (TPSA) is 50.9 Å². The van der Waals surface area contributed by atoms with E-state index in [4.69, 9.17) is 5.73 Å². The number of hydrogen-bond donors (Lipinski definition) is 2. The molecule has 1 heterocycles. The molecule has 3 nitrogen and oxygen atoms in total. The van der Waals surface area contributed by atoms with Crippen LogP contribution in [0.3, 0.4) is 0 Å². The van der Waals surface area contributed by atoms with E-state index in [1.165, 1.54) is 12.8 Å². The zero-order valence-corrected chi connectivity index (χ0v) is 13.7. The van der Waals surface area contributed by atoms with E-state index in [1.54, 1.807) is 0 Å². The third-order valence-corrected chi connectivity index (χ3v) is 4.71. The van der Waals surface area contributed by atoms with E-state index in [0.717, 1.165) is 33.5 Å². The number of rotatable bonds is 3. The Bertz CT molecular complexity index is 425. The second-order valence-electron chi connectivity index (χ2n) is 5.29. The highest BCUT2D eigenvalue weighted by Crippen LogP contribution is 2.35. The Morgan fingerprint density at radius 2 is 2.33 bits per heavy atom. The quantitative estimate of drug-likeness (QED) is 0.840. The van der Waals surface area contributed by atoms with Crippen molar-refractivity contribution in [1.29, 1.82) is 0 Å². The SMILES string of the molecule is CC1CCCC(CN)(Nc2ncc(Br)cc2Br)C1. The van der Waals surface area contributed by atoms with Gasteiger partial charge in [-0.3, -0.25) is 0 Å². The lowest BCUT2D eigenvalue weighted by atomic mass is 9.76. The second-order valence-corrected chi connectivity index (χ2v) is 7.06. The molecule has 2 rings (SSSR count). The first-order chi connectivity index (χ1) is 8.54. The molecular formula is C13H19Br2N3. The molecule has 18 heavy (non-hydrogen) atoms. The summed E-state index contributed by atoms with van der Waals surface area (Å²) in [6, 6.07) is 2.01. The minimum Gasteiger partial charge on any atom is -0.362 e. The van der Waals surface area contributed by atoms with Gasteiger partial charge in [0.1, 0.15) is 5.82 Å². The number of halogens is 2. The normalized spacial score (nSPS) is 28.1. The molecule has 1 aliphatic rings. The van der Waals surface area contributed by atoms with Gasteiger partial charge in [0.2, 0.25) is 0 Å². The Morgan fingerprint density at radius 1 is 1.56 bits per heavy atom. The maximum Gasteiger partial charge on any atom is 0.140 e. The number of nitrogens with zero attached hydrogens (tertiary/aromatic N) is 1. The molecule has 2 atom stereocenters. The summed E-state index contributed by atoms with van der Waals surface area (Å²) >= 11 is 6.96. The fraction of sp³-hybridized carbons (Fsp3) is 0.615. The maximum absolute atomic E-state index is 6.01. The monoisotopic (exact) mass is 375 g/mol. The van der Waals surface area contributed by atoms with E-state index >= 15 is 0 Å². The van der Waals surface area contributed by atoms with Gasteiger partial charge in [0.25, 0.3) is 0 Å². The first-order valence-electron chi connectivity index (χ1n) is 6.34. The number of hydrogen-bond acceptors (Lipinski definition) is 3. The van der Waals surface area contributed by atoms with Crippen LogP contribution in [0.2, 0.25) is 0 Å². The highest BCUT2D eigenvalue weighted by Gasteiger charge is 2.34. The maximum atomic E-state index is 6.01. The van der Waals surface area contributed by atoms with E-state index in [1.807, 2.05) is 12.3 Å². The van der Waals surface area contributed by atoms with Crippen molar-refractivity contribution in [2.24, 2.45) is 11.7 Å². The Balaban J connectivity index is 2.19. The highest BCUT2D eigenvalue weighted by molar-refractivity contribution is 9.11. The molecule has 1 saturated carbocycles. The first-order valence-corrected chi connectivity index (χ1v) is 7.92. The van der Waals surface area contributed by atoms with Gasteiger partial charge in [-0.05, 0) is 56.7 Å². The fourth-order valence-corrected chi connectivity index (χ4v) is 3.85. The van der Waals surface area contributed by atoms with Crippen molar-refractivity contribution in [3.8, 4) is 0 Å². The van der Waals surface area contributed by atoms with Crippen LogP contribution < -0.4 is 11.1 Å².